The van der Waals surface area contributed by atoms with Crippen molar-refractivity contribution in [2.75, 3.05) is 33.9 Å². The minimum Gasteiger partial charge on any atom is -0.493 e. The van der Waals surface area contributed by atoms with Crippen LogP contribution in [-0.2, 0) is 6.42 Å². The third kappa shape index (κ3) is 4.29. The first kappa shape index (κ1) is 16.5. The molecule has 0 atom stereocenters. The van der Waals surface area contributed by atoms with Crippen LogP contribution in [0.25, 0.3) is 0 Å². The van der Waals surface area contributed by atoms with Gasteiger partial charge in [0, 0.05) is 19.6 Å². The Balaban J connectivity index is 1.88. The second-order valence-corrected chi connectivity index (χ2v) is 5.85. The van der Waals surface area contributed by atoms with Crippen LogP contribution in [0, 0.1) is 5.92 Å². The minimum atomic E-state index is 0.673. The molecule has 1 aliphatic rings. The van der Waals surface area contributed by atoms with Crippen molar-refractivity contribution in [3.63, 3.8) is 0 Å². The molecule has 5 heteroatoms. The van der Waals surface area contributed by atoms with Crippen LogP contribution in [0.2, 0.25) is 0 Å². The van der Waals surface area contributed by atoms with E-state index in [0.29, 0.717) is 12.5 Å². The smallest absolute Gasteiger partial charge is 0.191 e. The summed E-state index contributed by atoms with van der Waals surface area (Å²) in [6, 6.07) is 5.95. The Bertz CT molecular complexity index is 509. The molecule has 0 aromatic heterocycles. The number of rotatable bonds is 5. The number of guanidine groups is 1. The normalized spacial score (nSPS) is 16.7. The lowest BCUT2D eigenvalue weighted by molar-refractivity contribution is 0.277. The first-order chi connectivity index (χ1) is 10.6. The summed E-state index contributed by atoms with van der Waals surface area (Å²) in [5.41, 5.74) is 7.26. The van der Waals surface area contributed by atoms with Gasteiger partial charge in [0.15, 0.2) is 17.5 Å². The van der Waals surface area contributed by atoms with E-state index in [9.17, 15) is 0 Å². The van der Waals surface area contributed by atoms with Gasteiger partial charge >= 0.3 is 0 Å². The topological polar surface area (TPSA) is 60.1 Å². The van der Waals surface area contributed by atoms with Gasteiger partial charge < -0.3 is 20.1 Å². The third-order valence-electron chi connectivity index (χ3n) is 4.23. The minimum absolute atomic E-state index is 0.673. The highest BCUT2D eigenvalue weighted by molar-refractivity contribution is 5.78. The number of ether oxygens (including phenoxy) is 2. The average molecular weight is 305 g/mol. The maximum absolute atomic E-state index is 6.09. The van der Waals surface area contributed by atoms with Crippen LogP contribution < -0.4 is 15.2 Å². The number of nitrogens with zero attached hydrogens (tertiary/aromatic N) is 2. The summed E-state index contributed by atoms with van der Waals surface area (Å²) in [6.45, 7) is 5.02. The lowest BCUT2D eigenvalue weighted by Crippen LogP contribution is -2.42. The van der Waals surface area contributed by atoms with Crippen molar-refractivity contribution >= 4 is 5.96 Å². The van der Waals surface area contributed by atoms with Crippen molar-refractivity contribution in [3.05, 3.63) is 23.8 Å². The first-order valence-corrected chi connectivity index (χ1v) is 7.89. The summed E-state index contributed by atoms with van der Waals surface area (Å²) in [6.07, 6.45) is 3.24. The standard InChI is InChI=1S/C17H27N3O2/c1-13-7-10-20(11-8-13)17(18)19-9-6-14-4-5-15(21-2)16(12-14)22-3/h4-5,12-13H,6-11H2,1-3H3,(H2,18,19). The van der Waals surface area contributed by atoms with Crippen molar-refractivity contribution < 1.29 is 9.47 Å². The van der Waals surface area contributed by atoms with Gasteiger partial charge in [-0.3, -0.25) is 4.99 Å². The summed E-state index contributed by atoms with van der Waals surface area (Å²) in [5, 5.41) is 0. The van der Waals surface area contributed by atoms with Gasteiger partial charge in [-0.25, -0.2) is 0 Å². The average Bonchev–Trinajstić information content (AvgIpc) is 2.55. The van der Waals surface area contributed by atoms with Crippen LogP contribution in [0.4, 0.5) is 0 Å². The number of methoxy groups -OCH3 is 2. The fraction of sp³-hybridized carbons (Fsp3) is 0.588. The third-order valence-corrected chi connectivity index (χ3v) is 4.23. The highest BCUT2D eigenvalue weighted by Crippen LogP contribution is 2.27. The first-order valence-electron chi connectivity index (χ1n) is 7.89. The molecule has 1 heterocycles. The van der Waals surface area contributed by atoms with Crippen molar-refractivity contribution in [2.24, 2.45) is 16.6 Å². The van der Waals surface area contributed by atoms with Gasteiger partial charge in [0.25, 0.3) is 0 Å². The Morgan fingerprint density at radius 1 is 1.23 bits per heavy atom. The van der Waals surface area contributed by atoms with Crippen molar-refractivity contribution in [3.8, 4) is 11.5 Å². The van der Waals surface area contributed by atoms with Crippen LogP contribution >= 0.6 is 0 Å². The molecule has 1 aromatic rings. The van der Waals surface area contributed by atoms with E-state index in [1.165, 1.54) is 18.4 Å². The van der Waals surface area contributed by atoms with E-state index in [1.54, 1.807) is 14.2 Å². The lowest BCUT2D eigenvalue weighted by Gasteiger charge is -2.31. The van der Waals surface area contributed by atoms with E-state index in [1.807, 2.05) is 18.2 Å². The van der Waals surface area contributed by atoms with Crippen molar-refractivity contribution in [1.82, 2.24) is 4.90 Å². The monoisotopic (exact) mass is 305 g/mol. The van der Waals surface area contributed by atoms with Crippen LogP contribution in [0.15, 0.2) is 23.2 Å². The molecule has 2 N–H and O–H groups in total. The zero-order valence-corrected chi connectivity index (χ0v) is 13.8. The molecule has 5 nitrogen and oxygen atoms in total. The van der Waals surface area contributed by atoms with E-state index in [2.05, 4.69) is 16.8 Å². The highest BCUT2D eigenvalue weighted by Gasteiger charge is 2.16. The van der Waals surface area contributed by atoms with Gasteiger partial charge in [-0.05, 0) is 42.9 Å². The molecule has 0 bridgehead atoms. The lowest BCUT2D eigenvalue weighted by atomic mass is 10.00. The molecule has 2 rings (SSSR count). The fourth-order valence-corrected chi connectivity index (χ4v) is 2.67. The summed E-state index contributed by atoms with van der Waals surface area (Å²) in [5.74, 6) is 2.97. The predicted molar refractivity (Wildman–Crippen MR) is 89.7 cm³/mol. The summed E-state index contributed by atoms with van der Waals surface area (Å²) in [4.78, 5) is 6.70. The van der Waals surface area contributed by atoms with Crippen molar-refractivity contribution in [1.29, 1.82) is 0 Å². The van der Waals surface area contributed by atoms with Crippen LogP contribution in [0.1, 0.15) is 25.3 Å². The Labute approximate surface area is 133 Å². The van der Waals surface area contributed by atoms with Gasteiger partial charge in [-0.2, -0.15) is 0 Å². The number of hydrogen-bond donors (Lipinski definition) is 1. The Morgan fingerprint density at radius 3 is 2.55 bits per heavy atom. The highest BCUT2D eigenvalue weighted by atomic mass is 16.5. The van der Waals surface area contributed by atoms with Gasteiger partial charge in [-0.1, -0.05) is 13.0 Å². The summed E-state index contributed by atoms with van der Waals surface area (Å²) < 4.78 is 10.6. The van der Waals surface area contributed by atoms with E-state index in [4.69, 9.17) is 15.2 Å². The zero-order valence-electron chi connectivity index (χ0n) is 13.8. The predicted octanol–water partition coefficient (Wildman–Crippen LogP) is 2.29. The molecule has 22 heavy (non-hydrogen) atoms. The number of hydrogen-bond acceptors (Lipinski definition) is 3. The summed E-state index contributed by atoms with van der Waals surface area (Å²) in [7, 11) is 3.29. The SMILES string of the molecule is COc1ccc(CCN=C(N)N2CCC(C)CC2)cc1OC. The molecule has 122 valence electrons. The number of piperidine rings is 1. The molecule has 0 aliphatic carbocycles. The summed E-state index contributed by atoms with van der Waals surface area (Å²) >= 11 is 0. The van der Waals surface area contributed by atoms with Crippen LogP contribution in [0.5, 0.6) is 11.5 Å². The Morgan fingerprint density at radius 2 is 1.91 bits per heavy atom. The number of benzene rings is 1. The fourth-order valence-electron chi connectivity index (χ4n) is 2.67. The molecular formula is C17H27N3O2. The van der Waals surface area contributed by atoms with E-state index in [-0.39, 0.29) is 0 Å². The van der Waals surface area contributed by atoms with E-state index in [0.717, 1.165) is 36.9 Å². The van der Waals surface area contributed by atoms with Gasteiger partial charge in [0.2, 0.25) is 0 Å². The van der Waals surface area contributed by atoms with Crippen LogP contribution in [-0.4, -0.2) is 44.7 Å². The molecule has 0 amide bonds. The zero-order chi connectivity index (χ0) is 15.9. The maximum atomic E-state index is 6.09. The number of nitrogens with two attached hydrogens (primary N) is 1. The molecule has 1 aromatic carbocycles. The maximum Gasteiger partial charge on any atom is 0.191 e. The molecular weight excluding hydrogens is 278 g/mol. The van der Waals surface area contributed by atoms with E-state index >= 15 is 0 Å². The molecule has 1 aliphatic heterocycles. The molecule has 0 unspecified atom stereocenters. The van der Waals surface area contributed by atoms with Crippen LogP contribution in [0.3, 0.4) is 0 Å². The quantitative estimate of drug-likeness (QED) is 0.670. The van der Waals surface area contributed by atoms with Crippen molar-refractivity contribution in [2.45, 2.75) is 26.2 Å². The molecule has 0 saturated carbocycles. The largest absolute Gasteiger partial charge is 0.493 e. The second-order valence-electron chi connectivity index (χ2n) is 5.85. The second kappa shape index (κ2) is 7.92. The number of likely N-dealkylation sites (tertiary alicyclic amines) is 1. The molecule has 1 fully saturated rings. The van der Waals surface area contributed by atoms with Gasteiger partial charge in [-0.15, -0.1) is 0 Å². The number of aliphatic imine (C=N–C) groups is 1. The Kier molecular flexibility index (Phi) is 5.92. The van der Waals surface area contributed by atoms with Gasteiger partial charge in [0.1, 0.15) is 0 Å². The molecule has 1 saturated heterocycles. The molecule has 0 spiro atoms. The van der Waals surface area contributed by atoms with Gasteiger partial charge in [0.05, 0.1) is 14.2 Å². The Hall–Kier alpha value is -1.91. The van der Waals surface area contributed by atoms with E-state index < -0.39 is 0 Å². The molecule has 0 radical (unpaired) electrons.